The molecule has 1 saturated carbocycles. The molecule has 2 aromatic carbocycles. The van der Waals surface area contributed by atoms with Crippen LogP contribution in [0.5, 0.6) is 5.75 Å². The van der Waals surface area contributed by atoms with E-state index in [0.29, 0.717) is 10.9 Å². The summed E-state index contributed by atoms with van der Waals surface area (Å²) in [7, 11) is 1.42. The van der Waals surface area contributed by atoms with E-state index < -0.39 is 16.1 Å². The maximum absolute atomic E-state index is 13.3. The van der Waals surface area contributed by atoms with Crippen LogP contribution < -0.4 is 10.1 Å². The number of non-ortho nitro benzene ring substituents is 1. The Morgan fingerprint density at radius 3 is 2.64 bits per heavy atom. The average Bonchev–Trinajstić information content (AvgIpc) is 3.42. The van der Waals surface area contributed by atoms with Gasteiger partial charge in [0.15, 0.2) is 5.17 Å². The van der Waals surface area contributed by atoms with Crippen molar-refractivity contribution in [3.63, 3.8) is 0 Å². The number of methoxy groups -OCH3 is 1. The van der Waals surface area contributed by atoms with E-state index in [1.54, 1.807) is 4.90 Å². The summed E-state index contributed by atoms with van der Waals surface area (Å²) in [4.78, 5) is 43.1. The van der Waals surface area contributed by atoms with E-state index in [-0.39, 0.29) is 29.7 Å². The molecule has 2 amide bonds. The van der Waals surface area contributed by atoms with Crippen LogP contribution in [0.25, 0.3) is 0 Å². The first kappa shape index (κ1) is 22.8. The Kier molecular flexibility index (Phi) is 6.93. The number of carbonyl (C=O) groups excluding carboxylic acids is 2. The third-order valence-electron chi connectivity index (χ3n) is 5.68. The SMILES string of the molecule is COc1ccc([N+](=O)[O-])cc1NC(=O)C[C@@H]1SC(=Nc2ccccc2)N(C2CCCC2)C1=O. The van der Waals surface area contributed by atoms with E-state index >= 15 is 0 Å². The first-order valence-electron chi connectivity index (χ1n) is 10.7. The van der Waals surface area contributed by atoms with Crippen molar-refractivity contribution in [2.45, 2.75) is 43.4 Å². The first-order chi connectivity index (χ1) is 16.0. The Labute approximate surface area is 195 Å². The number of nitro benzene ring substituents is 1. The number of nitrogens with one attached hydrogen (secondary N) is 1. The Hall–Kier alpha value is -3.40. The minimum absolute atomic E-state index is 0.0770. The van der Waals surface area contributed by atoms with Crippen LogP contribution in [0.2, 0.25) is 0 Å². The monoisotopic (exact) mass is 468 g/mol. The number of thioether (sulfide) groups is 1. The third kappa shape index (κ3) is 5.16. The molecular weight excluding hydrogens is 444 g/mol. The summed E-state index contributed by atoms with van der Waals surface area (Å²) in [5, 5.41) is 13.8. The molecule has 2 aromatic rings. The fourth-order valence-electron chi connectivity index (χ4n) is 4.08. The van der Waals surface area contributed by atoms with Crippen LogP contribution in [0, 0.1) is 10.1 Å². The number of anilines is 1. The van der Waals surface area contributed by atoms with Crippen LogP contribution in [-0.2, 0) is 9.59 Å². The Morgan fingerprint density at radius 1 is 1.24 bits per heavy atom. The zero-order valence-corrected chi connectivity index (χ0v) is 18.9. The summed E-state index contributed by atoms with van der Waals surface area (Å²) in [6, 6.07) is 13.5. The Bertz CT molecular complexity index is 1090. The molecule has 0 radical (unpaired) electrons. The van der Waals surface area contributed by atoms with E-state index in [4.69, 9.17) is 9.73 Å². The highest BCUT2D eigenvalue weighted by atomic mass is 32.2. The van der Waals surface area contributed by atoms with Gasteiger partial charge in [0, 0.05) is 24.6 Å². The van der Waals surface area contributed by atoms with Crippen molar-refractivity contribution in [2.75, 3.05) is 12.4 Å². The highest BCUT2D eigenvalue weighted by Gasteiger charge is 2.43. The molecule has 33 heavy (non-hydrogen) atoms. The quantitative estimate of drug-likeness (QED) is 0.472. The molecule has 1 N–H and O–H groups in total. The van der Waals surface area contributed by atoms with Crippen molar-refractivity contribution < 1.29 is 19.2 Å². The van der Waals surface area contributed by atoms with Gasteiger partial charge in [-0.3, -0.25) is 24.6 Å². The van der Waals surface area contributed by atoms with Crippen molar-refractivity contribution >= 4 is 45.8 Å². The topological polar surface area (TPSA) is 114 Å². The van der Waals surface area contributed by atoms with Gasteiger partial charge in [0.25, 0.3) is 5.69 Å². The lowest BCUT2D eigenvalue weighted by Gasteiger charge is -2.23. The number of para-hydroxylation sites is 1. The largest absolute Gasteiger partial charge is 0.495 e. The highest BCUT2D eigenvalue weighted by molar-refractivity contribution is 8.15. The van der Waals surface area contributed by atoms with Crippen molar-refractivity contribution in [3.05, 3.63) is 58.6 Å². The van der Waals surface area contributed by atoms with Crippen LogP contribution >= 0.6 is 11.8 Å². The molecule has 1 aliphatic carbocycles. The molecule has 0 spiro atoms. The summed E-state index contributed by atoms with van der Waals surface area (Å²) in [5.41, 5.74) is 0.780. The van der Waals surface area contributed by atoms with E-state index in [2.05, 4.69) is 5.32 Å². The van der Waals surface area contributed by atoms with Gasteiger partial charge in [0.05, 0.1) is 23.4 Å². The molecule has 2 fully saturated rings. The van der Waals surface area contributed by atoms with Crippen molar-refractivity contribution in [1.29, 1.82) is 0 Å². The smallest absolute Gasteiger partial charge is 0.271 e. The summed E-state index contributed by atoms with van der Waals surface area (Å²) >= 11 is 1.29. The molecule has 1 atom stereocenters. The van der Waals surface area contributed by atoms with Gasteiger partial charge in [-0.15, -0.1) is 0 Å². The molecule has 0 unspecified atom stereocenters. The van der Waals surface area contributed by atoms with Gasteiger partial charge in [0.2, 0.25) is 11.8 Å². The molecule has 172 valence electrons. The summed E-state index contributed by atoms with van der Waals surface area (Å²) < 4.78 is 5.20. The van der Waals surface area contributed by atoms with Gasteiger partial charge in [-0.1, -0.05) is 42.8 Å². The maximum atomic E-state index is 13.3. The molecule has 1 heterocycles. The molecule has 1 saturated heterocycles. The minimum atomic E-state index is -0.613. The van der Waals surface area contributed by atoms with E-state index in [1.807, 2.05) is 30.3 Å². The van der Waals surface area contributed by atoms with Crippen LogP contribution in [0.15, 0.2) is 53.5 Å². The zero-order valence-electron chi connectivity index (χ0n) is 18.1. The molecule has 4 rings (SSSR count). The average molecular weight is 469 g/mol. The molecular formula is C23H24N4O5S. The lowest BCUT2D eigenvalue weighted by atomic mass is 10.2. The van der Waals surface area contributed by atoms with Gasteiger partial charge in [-0.05, 0) is 31.0 Å². The third-order valence-corrected chi connectivity index (χ3v) is 6.83. The second kappa shape index (κ2) is 10.0. The number of benzene rings is 2. The van der Waals surface area contributed by atoms with Gasteiger partial charge in [0.1, 0.15) is 11.0 Å². The van der Waals surface area contributed by atoms with Gasteiger partial charge in [-0.25, -0.2) is 4.99 Å². The number of aliphatic imine (C=N–C) groups is 1. The second-order valence-corrected chi connectivity index (χ2v) is 9.05. The van der Waals surface area contributed by atoms with Gasteiger partial charge in [-0.2, -0.15) is 0 Å². The Morgan fingerprint density at radius 2 is 1.97 bits per heavy atom. The van der Waals surface area contributed by atoms with Crippen molar-refractivity contribution in [1.82, 2.24) is 4.90 Å². The number of hydrogen-bond donors (Lipinski definition) is 1. The second-order valence-electron chi connectivity index (χ2n) is 7.88. The van der Waals surface area contributed by atoms with E-state index in [0.717, 1.165) is 31.4 Å². The van der Waals surface area contributed by atoms with Crippen LogP contribution in [0.3, 0.4) is 0 Å². The predicted molar refractivity (Wildman–Crippen MR) is 127 cm³/mol. The van der Waals surface area contributed by atoms with Crippen LogP contribution in [0.1, 0.15) is 32.1 Å². The predicted octanol–water partition coefficient (Wildman–Crippen LogP) is 4.51. The Balaban J connectivity index is 1.52. The number of nitro groups is 1. The number of ether oxygens (including phenoxy) is 1. The van der Waals surface area contributed by atoms with Crippen molar-refractivity contribution in [2.24, 2.45) is 4.99 Å². The fraction of sp³-hybridized carbons (Fsp3) is 0.348. The fourth-order valence-corrected chi connectivity index (χ4v) is 5.30. The molecule has 2 aliphatic rings. The van der Waals surface area contributed by atoms with Crippen molar-refractivity contribution in [3.8, 4) is 5.75 Å². The number of nitrogens with zero attached hydrogens (tertiary/aromatic N) is 3. The molecule has 10 heteroatoms. The molecule has 0 bridgehead atoms. The lowest BCUT2D eigenvalue weighted by molar-refractivity contribution is -0.384. The lowest BCUT2D eigenvalue weighted by Crippen LogP contribution is -2.40. The summed E-state index contributed by atoms with van der Waals surface area (Å²) in [6.45, 7) is 0. The highest BCUT2D eigenvalue weighted by Crippen LogP contribution is 2.37. The van der Waals surface area contributed by atoms with Crippen LogP contribution in [0.4, 0.5) is 17.1 Å². The number of carbonyl (C=O) groups is 2. The normalized spacial score (nSPS) is 19.8. The number of amidine groups is 1. The number of amides is 2. The summed E-state index contributed by atoms with van der Waals surface area (Å²) in [6.07, 6.45) is 3.89. The number of hydrogen-bond acceptors (Lipinski definition) is 7. The van der Waals surface area contributed by atoms with Crippen LogP contribution in [-0.4, -0.2) is 45.2 Å². The van der Waals surface area contributed by atoms with Gasteiger partial charge < -0.3 is 10.1 Å². The van der Waals surface area contributed by atoms with Gasteiger partial charge >= 0.3 is 0 Å². The molecule has 9 nitrogen and oxygen atoms in total. The number of rotatable bonds is 7. The standard InChI is InChI=1S/C23H24N4O5S/c1-32-19-12-11-17(27(30)31)13-18(19)25-21(28)14-20-22(29)26(16-9-5-6-10-16)23(33-20)24-15-7-3-2-4-8-15/h2-4,7-8,11-13,16,20H,5-6,9-10,14H2,1H3,(H,25,28)/t20-/m0/s1. The molecule has 1 aliphatic heterocycles. The summed E-state index contributed by atoms with van der Waals surface area (Å²) in [5.74, 6) is -0.243. The zero-order chi connectivity index (χ0) is 23.4. The maximum Gasteiger partial charge on any atom is 0.271 e. The first-order valence-corrected chi connectivity index (χ1v) is 11.6. The van der Waals surface area contributed by atoms with E-state index in [9.17, 15) is 19.7 Å². The minimum Gasteiger partial charge on any atom is -0.495 e. The molecule has 0 aromatic heterocycles. The van der Waals surface area contributed by atoms with E-state index in [1.165, 1.54) is 37.1 Å².